The first-order chi connectivity index (χ1) is 11.6. The zero-order valence-corrected chi connectivity index (χ0v) is 13.1. The second-order valence-corrected chi connectivity index (χ2v) is 5.32. The molecule has 2 aromatic carbocycles. The van der Waals surface area contributed by atoms with Crippen molar-refractivity contribution in [3.8, 4) is 11.5 Å². The summed E-state index contributed by atoms with van der Waals surface area (Å²) in [6, 6.07) is 15.4. The highest BCUT2D eigenvalue weighted by Gasteiger charge is 2.22. The summed E-state index contributed by atoms with van der Waals surface area (Å²) in [5, 5.41) is 28.6. The number of benzene rings is 2. The summed E-state index contributed by atoms with van der Waals surface area (Å²) in [6.45, 7) is 0. The van der Waals surface area contributed by atoms with E-state index in [2.05, 4.69) is 0 Å². The lowest BCUT2D eigenvalue weighted by Gasteiger charge is -2.24. The quantitative estimate of drug-likeness (QED) is 0.647. The van der Waals surface area contributed by atoms with Crippen molar-refractivity contribution in [3.63, 3.8) is 0 Å². The fraction of sp³-hybridized carbons (Fsp3) is 0.211. The molecule has 0 aliphatic heterocycles. The molecule has 0 saturated heterocycles. The van der Waals surface area contributed by atoms with Gasteiger partial charge in [-0.3, -0.25) is 0 Å². The number of carbonyl (C=O) groups is 1. The summed E-state index contributed by atoms with van der Waals surface area (Å²) >= 11 is 0. The van der Waals surface area contributed by atoms with Crippen molar-refractivity contribution in [1.29, 1.82) is 0 Å². The molecule has 0 aliphatic carbocycles. The lowest BCUT2D eigenvalue weighted by atomic mass is 10.0. The monoisotopic (exact) mass is 328 g/mol. The minimum absolute atomic E-state index is 0.121. The van der Waals surface area contributed by atoms with Crippen molar-refractivity contribution in [2.75, 3.05) is 0 Å². The van der Waals surface area contributed by atoms with Crippen LogP contribution in [0.4, 0.5) is 0 Å². The normalized spacial score (nSPS) is 13.5. The number of phenolic OH excluding ortho intramolecular Hbond substituents is 1. The molecule has 0 fully saturated rings. The van der Waals surface area contributed by atoms with Crippen LogP contribution in [-0.2, 0) is 4.79 Å². The SMILES string of the molecule is O=C(O)/C=C/CC[C@H](Oc1ccccc1)[C@@H](O)c1ccc(O)cc1. The highest BCUT2D eigenvalue weighted by Crippen LogP contribution is 2.26. The standard InChI is InChI=1S/C19H20O5/c20-15-12-10-14(11-13-15)19(23)17(8-4-5-9-18(21)22)24-16-6-2-1-3-7-16/h1-3,5-7,9-13,17,19-20,23H,4,8H2,(H,21,22)/b9-5+/t17-,19-/m0/s1. The Morgan fingerprint density at radius 2 is 1.75 bits per heavy atom. The van der Waals surface area contributed by atoms with E-state index in [1.807, 2.05) is 18.2 Å². The largest absolute Gasteiger partial charge is 0.508 e. The summed E-state index contributed by atoms with van der Waals surface area (Å²) < 4.78 is 5.87. The number of aliphatic hydroxyl groups is 1. The van der Waals surface area contributed by atoms with Crippen molar-refractivity contribution in [2.45, 2.75) is 25.0 Å². The van der Waals surface area contributed by atoms with E-state index in [9.17, 15) is 15.0 Å². The van der Waals surface area contributed by atoms with Crippen LogP contribution in [0.3, 0.4) is 0 Å². The van der Waals surface area contributed by atoms with Crippen LogP contribution in [0.5, 0.6) is 11.5 Å². The van der Waals surface area contributed by atoms with Gasteiger partial charge in [-0.05, 0) is 42.7 Å². The highest BCUT2D eigenvalue weighted by atomic mass is 16.5. The molecule has 2 rings (SSSR count). The third kappa shape index (κ3) is 5.44. The number of carboxylic acid groups (broad SMARTS) is 1. The minimum Gasteiger partial charge on any atom is -0.508 e. The number of ether oxygens (including phenoxy) is 1. The number of phenols is 1. The van der Waals surface area contributed by atoms with Crippen molar-refractivity contribution in [1.82, 2.24) is 0 Å². The summed E-state index contributed by atoms with van der Waals surface area (Å²) in [5.41, 5.74) is 0.621. The molecule has 2 aromatic rings. The molecule has 24 heavy (non-hydrogen) atoms. The number of hydrogen-bond donors (Lipinski definition) is 3. The maximum Gasteiger partial charge on any atom is 0.327 e. The van der Waals surface area contributed by atoms with E-state index in [1.54, 1.807) is 24.3 Å². The number of allylic oxidation sites excluding steroid dienone is 1. The Labute approximate surface area is 140 Å². The molecule has 3 N–H and O–H groups in total. The van der Waals surface area contributed by atoms with Gasteiger partial charge in [0.2, 0.25) is 0 Å². The molecule has 126 valence electrons. The van der Waals surface area contributed by atoms with E-state index in [4.69, 9.17) is 9.84 Å². The van der Waals surface area contributed by atoms with Crippen LogP contribution in [0.2, 0.25) is 0 Å². The van der Waals surface area contributed by atoms with Gasteiger partial charge in [0, 0.05) is 6.08 Å². The van der Waals surface area contributed by atoms with E-state index >= 15 is 0 Å². The fourth-order valence-electron chi connectivity index (χ4n) is 2.29. The second kappa shape index (κ2) is 8.74. The summed E-state index contributed by atoms with van der Waals surface area (Å²) in [7, 11) is 0. The molecule has 0 spiro atoms. The molecule has 0 unspecified atom stereocenters. The van der Waals surface area contributed by atoms with Crippen molar-refractivity contribution < 1.29 is 24.9 Å². The first-order valence-corrected chi connectivity index (χ1v) is 7.64. The molecule has 0 saturated carbocycles. The molecule has 5 nitrogen and oxygen atoms in total. The molecule has 0 aliphatic rings. The number of carboxylic acids is 1. The number of rotatable bonds is 8. The lowest BCUT2D eigenvalue weighted by molar-refractivity contribution is -0.131. The highest BCUT2D eigenvalue weighted by molar-refractivity contribution is 5.79. The Bertz CT molecular complexity index is 664. The number of para-hydroxylation sites is 1. The van der Waals surface area contributed by atoms with Gasteiger partial charge < -0.3 is 20.1 Å². The Morgan fingerprint density at radius 3 is 2.38 bits per heavy atom. The second-order valence-electron chi connectivity index (χ2n) is 5.32. The van der Waals surface area contributed by atoms with Crippen LogP contribution < -0.4 is 4.74 Å². The maximum absolute atomic E-state index is 10.6. The molecule has 5 heteroatoms. The van der Waals surface area contributed by atoms with Gasteiger partial charge in [-0.2, -0.15) is 0 Å². The van der Waals surface area contributed by atoms with Crippen LogP contribution in [0, 0.1) is 0 Å². The third-order valence-corrected chi connectivity index (χ3v) is 3.50. The van der Waals surface area contributed by atoms with Gasteiger partial charge in [-0.15, -0.1) is 0 Å². The molecule has 0 bridgehead atoms. The van der Waals surface area contributed by atoms with Gasteiger partial charge in [0.25, 0.3) is 0 Å². The average molecular weight is 328 g/mol. The maximum atomic E-state index is 10.6. The lowest BCUT2D eigenvalue weighted by Crippen LogP contribution is -2.25. The molecule has 0 amide bonds. The van der Waals surface area contributed by atoms with Gasteiger partial charge in [0.05, 0.1) is 0 Å². The number of aromatic hydroxyl groups is 1. The van der Waals surface area contributed by atoms with Crippen molar-refractivity contribution in [2.24, 2.45) is 0 Å². The third-order valence-electron chi connectivity index (χ3n) is 3.50. The van der Waals surface area contributed by atoms with Crippen LogP contribution >= 0.6 is 0 Å². The number of hydrogen-bond acceptors (Lipinski definition) is 4. The Balaban J connectivity index is 2.11. The van der Waals surface area contributed by atoms with Gasteiger partial charge in [0.1, 0.15) is 23.7 Å². The van der Waals surface area contributed by atoms with Crippen molar-refractivity contribution in [3.05, 3.63) is 72.3 Å². The fourth-order valence-corrected chi connectivity index (χ4v) is 2.29. The van der Waals surface area contributed by atoms with E-state index in [-0.39, 0.29) is 5.75 Å². The number of aliphatic hydroxyl groups excluding tert-OH is 1. The van der Waals surface area contributed by atoms with Gasteiger partial charge in [0.15, 0.2) is 0 Å². The first kappa shape index (κ1) is 17.6. The van der Waals surface area contributed by atoms with Crippen LogP contribution in [0.15, 0.2) is 66.7 Å². The predicted molar refractivity (Wildman–Crippen MR) is 89.9 cm³/mol. The predicted octanol–water partition coefficient (Wildman–Crippen LogP) is 3.29. The first-order valence-electron chi connectivity index (χ1n) is 7.64. The van der Waals surface area contributed by atoms with E-state index < -0.39 is 18.2 Å². The van der Waals surface area contributed by atoms with E-state index in [0.29, 0.717) is 24.2 Å². The summed E-state index contributed by atoms with van der Waals surface area (Å²) in [6.07, 6.45) is 2.07. The van der Waals surface area contributed by atoms with E-state index in [0.717, 1.165) is 6.08 Å². The number of aliphatic carboxylic acids is 1. The molecule has 0 aromatic heterocycles. The Hall–Kier alpha value is -2.79. The molecule has 0 heterocycles. The zero-order valence-electron chi connectivity index (χ0n) is 13.1. The Morgan fingerprint density at radius 1 is 1.08 bits per heavy atom. The Kier molecular flexibility index (Phi) is 6.40. The molecular weight excluding hydrogens is 308 g/mol. The smallest absolute Gasteiger partial charge is 0.327 e. The molecule has 2 atom stereocenters. The average Bonchev–Trinajstić information content (AvgIpc) is 2.58. The zero-order chi connectivity index (χ0) is 17.4. The molecular formula is C19H20O5. The molecule has 0 radical (unpaired) electrons. The van der Waals surface area contributed by atoms with Crippen molar-refractivity contribution >= 4 is 5.97 Å². The summed E-state index contributed by atoms with van der Waals surface area (Å²) in [5.74, 6) is -0.256. The van der Waals surface area contributed by atoms with Gasteiger partial charge in [-0.1, -0.05) is 36.4 Å². The van der Waals surface area contributed by atoms with Crippen LogP contribution in [0.1, 0.15) is 24.5 Å². The summed E-state index contributed by atoms with van der Waals surface area (Å²) in [4.78, 5) is 10.5. The topological polar surface area (TPSA) is 87.0 Å². The van der Waals surface area contributed by atoms with Gasteiger partial charge in [-0.25, -0.2) is 4.79 Å². The van der Waals surface area contributed by atoms with Gasteiger partial charge >= 0.3 is 5.97 Å². The van der Waals surface area contributed by atoms with Crippen LogP contribution in [-0.4, -0.2) is 27.4 Å². The van der Waals surface area contributed by atoms with Crippen LogP contribution in [0.25, 0.3) is 0 Å². The van der Waals surface area contributed by atoms with E-state index in [1.165, 1.54) is 18.2 Å². The minimum atomic E-state index is -1.00.